The Kier molecular flexibility index (Phi) is 9.04. The molecule has 1 N–H and O–H groups in total. The standard InChI is InChI=1S/C23H29F3N2O4S.ClH/c1-27(2)14-20-15-28(12-11-22(20,29)19-5-4-6-21(13-19)32-3)33(30,31)16-17-7-9-18(10-8-17)23(24,25)26;/h4-10,13,20,29H,11-12,14-16H2,1-3H3;1H. The van der Waals surface area contributed by atoms with Crippen LogP contribution in [0.4, 0.5) is 13.2 Å². The van der Waals surface area contributed by atoms with Crippen molar-refractivity contribution in [2.75, 3.05) is 40.8 Å². The van der Waals surface area contributed by atoms with Gasteiger partial charge in [0.1, 0.15) is 5.75 Å². The SMILES string of the molecule is COc1cccc(C2(O)CCN(S(=O)(=O)Cc3ccc(C(F)(F)F)cc3)CC2CN(C)C)c1.Cl. The molecule has 190 valence electrons. The van der Waals surface area contributed by atoms with Gasteiger partial charge in [0.05, 0.1) is 24.0 Å². The summed E-state index contributed by atoms with van der Waals surface area (Å²) in [5.74, 6) is -0.227. The molecule has 0 aliphatic carbocycles. The summed E-state index contributed by atoms with van der Waals surface area (Å²) in [6.45, 7) is 0.634. The van der Waals surface area contributed by atoms with Gasteiger partial charge in [0.25, 0.3) is 0 Å². The van der Waals surface area contributed by atoms with Crippen molar-refractivity contribution in [3.8, 4) is 5.75 Å². The van der Waals surface area contributed by atoms with Gasteiger partial charge in [-0.2, -0.15) is 13.2 Å². The van der Waals surface area contributed by atoms with Crippen molar-refractivity contribution in [2.45, 2.75) is 24.0 Å². The van der Waals surface area contributed by atoms with Gasteiger partial charge in [0.2, 0.25) is 10.0 Å². The second kappa shape index (κ2) is 10.8. The van der Waals surface area contributed by atoms with E-state index in [1.165, 1.54) is 23.5 Å². The third-order valence-corrected chi connectivity index (χ3v) is 7.84. The van der Waals surface area contributed by atoms with Crippen molar-refractivity contribution in [2.24, 2.45) is 5.92 Å². The van der Waals surface area contributed by atoms with Crippen LogP contribution in [0.5, 0.6) is 5.75 Å². The fraction of sp³-hybridized carbons (Fsp3) is 0.478. The van der Waals surface area contributed by atoms with Crippen LogP contribution >= 0.6 is 12.4 Å². The number of rotatable bonds is 7. The average molecular weight is 523 g/mol. The molecule has 0 saturated carbocycles. The number of hydrogen-bond acceptors (Lipinski definition) is 5. The van der Waals surface area contributed by atoms with E-state index in [-0.39, 0.29) is 37.5 Å². The minimum Gasteiger partial charge on any atom is -0.497 e. The van der Waals surface area contributed by atoms with Crippen molar-refractivity contribution in [1.82, 2.24) is 9.21 Å². The lowest BCUT2D eigenvalue weighted by molar-refractivity contribution is -0.137. The van der Waals surface area contributed by atoms with Gasteiger partial charge in [-0.15, -0.1) is 12.4 Å². The van der Waals surface area contributed by atoms with E-state index < -0.39 is 39.0 Å². The summed E-state index contributed by atoms with van der Waals surface area (Å²) in [5.41, 5.74) is -1.13. The maximum absolute atomic E-state index is 13.1. The zero-order valence-electron chi connectivity index (χ0n) is 19.2. The maximum Gasteiger partial charge on any atom is 0.416 e. The van der Waals surface area contributed by atoms with Crippen molar-refractivity contribution in [3.05, 3.63) is 65.2 Å². The van der Waals surface area contributed by atoms with Crippen LogP contribution in [0.15, 0.2) is 48.5 Å². The fourth-order valence-electron chi connectivity index (χ4n) is 4.25. The number of methoxy groups -OCH3 is 1. The molecule has 2 unspecified atom stereocenters. The summed E-state index contributed by atoms with van der Waals surface area (Å²) in [6.07, 6.45) is -4.29. The lowest BCUT2D eigenvalue weighted by Crippen LogP contribution is -2.54. The summed E-state index contributed by atoms with van der Waals surface area (Å²) in [6, 6.07) is 11.3. The molecule has 11 heteroatoms. The fourth-order valence-corrected chi connectivity index (χ4v) is 5.83. The lowest BCUT2D eigenvalue weighted by atomic mass is 9.76. The van der Waals surface area contributed by atoms with E-state index in [1.807, 2.05) is 19.0 Å². The van der Waals surface area contributed by atoms with Gasteiger partial charge in [-0.1, -0.05) is 24.3 Å². The van der Waals surface area contributed by atoms with E-state index in [4.69, 9.17) is 4.74 Å². The number of halogens is 4. The van der Waals surface area contributed by atoms with Crippen LogP contribution in [0.25, 0.3) is 0 Å². The molecule has 0 radical (unpaired) electrons. The summed E-state index contributed by atoms with van der Waals surface area (Å²) in [4.78, 5) is 1.89. The Morgan fingerprint density at radius 1 is 1.18 bits per heavy atom. The first-order chi connectivity index (χ1) is 15.3. The Hall–Kier alpha value is -1.85. The van der Waals surface area contributed by atoms with Crippen molar-refractivity contribution < 1.29 is 31.4 Å². The van der Waals surface area contributed by atoms with Crippen molar-refractivity contribution in [3.63, 3.8) is 0 Å². The van der Waals surface area contributed by atoms with Crippen LogP contribution in [0.1, 0.15) is 23.1 Å². The normalized spacial score (nSPS) is 21.8. The molecule has 0 bridgehead atoms. The smallest absolute Gasteiger partial charge is 0.416 e. The van der Waals surface area contributed by atoms with Gasteiger partial charge in [-0.3, -0.25) is 0 Å². The zero-order chi connectivity index (χ0) is 24.4. The third-order valence-electron chi connectivity index (χ3n) is 6.02. The second-order valence-electron chi connectivity index (χ2n) is 8.67. The van der Waals surface area contributed by atoms with E-state index in [1.54, 1.807) is 24.3 Å². The van der Waals surface area contributed by atoms with Gasteiger partial charge in [0.15, 0.2) is 0 Å². The summed E-state index contributed by atoms with van der Waals surface area (Å²) >= 11 is 0. The first-order valence-corrected chi connectivity index (χ1v) is 12.1. The first-order valence-electron chi connectivity index (χ1n) is 10.5. The monoisotopic (exact) mass is 522 g/mol. The number of nitrogens with zero attached hydrogens (tertiary/aromatic N) is 2. The summed E-state index contributed by atoms with van der Waals surface area (Å²) < 4.78 is 71.2. The molecule has 1 aliphatic rings. The third kappa shape index (κ3) is 6.42. The quantitative estimate of drug-likeness (QED) is 0.600. The van der Waals surface area contributed by atoms with E-state index in [0.717, 1.165) is 12.1 Å². The van der Waals surface area contributed by atoms with Crippen LogP contribution in [0.2, 0.25) is 0 Å². The molecular formula is C23H30ClF3N2O4S. The van der Waals surface area contributed by atoms with Gasteiger partial charge in [-0.05, 0) is 55.9 Å². The van der Waals surface area contributed by atoms with Gasteiger partial charge in [0, 0.05) is 25.6 Å². The van der Waals surface area contributed by atoms with Crippen LogP contribution in [-0.4, -0.2) is 63.6 Å². The van der Waals surface area contributed by atoms with Crippen LogP contribution in [-0.2, 0) is 27.6 Å². The van der Waals surface area contributed by atoms with E-state index in [0.29, 0.717) is 17.9 Å². The van der Waals surface area contributed by atoms with Crippen LogP contribution < -0.4 is 4.74 Å². The molecule has 3 rings (SSSR count). The molecule has 1 aliphatic heterocycles. The summed E-state index contributed by atoms with van der Waals surface area (Å²) in [7, 11) is 1.44. The van der Waals surface area contributed by atoms with Gasteiger partial charge < -0.3 is 14.7 Å². The lowest BCUT2D eigenvalue weighted by Gasteiger charge is -2.45. The molecule has 1 heterocycles. The highest BCUT2D eigenvalue weighted by Crippen LogP contribution is 2.40. The largest absolute Gasteiger partial charge is 0.497 e. The van der Waals surface area contributed by atoms with Crippen molar-refractivity contribution >= 4 is 22.4 Å². The number of hydrogen-bond donors (Lipinski definition) is 1. The molecule has 1 saturated heterocycles. The van der Waals surface area contributed by atoms with E-state index >= 15 is 0 Å². The second-order valence-corrected chi connectivity index (χ2v) is 10.6. The Morgan fingerprint density at radius 2 is 1.82 bits per heavy atom. The molecule has 0 amide bonds. The number of aliphatic hydroxyl groups is 1. The number of piperidine rings is 1. The maximum atomic E-state index is 13.1. The van der Waals surface area contributed by atoms with Gasteiger partial charge in [-0.25, -0.2) is 12.7 Å². The predicted octanol–water partition coefficient (Wildman–Crippen LogP) is 3.74. The Bertz CT molecular complexity index is 1060. The highest BCUT2D eigenvalue weighted by Gasteiger charge is 2.45. The Morgan fingerprint density at radius 3 is 2.38 bits per heavy atom. The van der Waals surface area contributed by atoms with Crippen LogP contribution in [0.3, 0.4) is 0 Å². The minimum atomic E-state index is -4.48. The predicted molar refractivity (Wildman–Crippen MR) is 126 cm³/mol. The van der Waals surface area contributed by atoms with Gasteiger partial charge >= 0.3 is 6.18 Å². The first kappa shape index (κ1) is 28.4. The number of benzene rings is 2. The molecule has 0 aromatic heterocycles. The molecule has 6 nitrogen and oxygen atoms in total. The Labute approximate surface area is 204 Å². The number of alkyl halides is 3. The molecule has 2 aromatic carbocycles. The highest BCUT2D eigenvalue weighted by atomic mass is 35.5. The molecule has 0 spiro atoms. The van der Waals surface area contributed by atoms with E-state index in [2.05, 4.69) is 0 Å². The molecule has 2 atom stereocenters. The topological polar surface area (TPSA) is 70.1 Å². The van der Waals surface area contributed by atoms with Crippen molar-refractivity contribution in [1.29, 1.82) is 0 Å². The molecule has 2 aromatic rings. The molecule has 1 fully saturated rings. The number of sulfonamides is 1. The Balaban J connectivity index is 0.00000408. The van der Waals surface area contributed by atoms with E-state index in [9.17, 15) is 26.7 Å². The number of ether oxygens (including phenoxy) is 1. The summed E-state index contributed by atoms with van der Waals surface area (Å²) in [5, 5.41) is 11.6. The highest BCUT2D eigenvalue weighted by molar-refractivity contribution is 7.88. The zero-order valence-corrected chi connectivity index (χ0v) is 20.9. The molecule has 34 heavy (non-hydrogen) atoms. The average Bonchev–Trinajstić information content (AvgIpc) is 2.74. The molecular weight excluding hydrogens is 493 g/mol. The van der Waals surface area contributed by atoms with Crippen LogP contribution in [0, 0.1) is 5.92 Å². The minimum absolute atomic E-state index is 0.